The molecule has 0 atom stereocenters. The van der Waals surface area contributed by atoms with E-state index in [4.69, 9.17) is 0 Å². The molecule has 3 aromatic rings. The summed E-state index contributed by atoms with van der Waals surface area (Å²) in [4.78, 5) is 8.67. The summed E-state index contributed by atoms with van der Waals surface area (Å²) < 4.78 is 1.06. The van der Waals surface area contributed by atoms with Gasteiger partial charge in [-0.1, -0.05) is 28.1 Å². The van der Waals surface area contributed by atoms with E-state index in [1.165, 1.54) is 0 Å². The van der Waals surface area contributed by atoms with Crippen LogP contribution in [0.1, 0.15) is 5.56 Å². The van der Waals surface area contributed by atoms with Crippen LogP contribution < -0.4 is 5.32 Å². The highest BCUT2D eigenvalue weighted by Crippen LogP contribution is 2.25. The van der Waals surface area contributed by atoms with Crippen LogP contribution in [-0.4, -0.2) is 9.97 Å². The van der Waals surface area contributed by atoms with Gasteiger partial charge in [0.2, 0.25) is 0 Å². The fraction of sp³-hybridized carbons (Fsp3) is 0.0667. The summed E-state index contributed by atoms with van der Waals surface area (Å²) in [6.45, 7) is 2.05. The van der Waals surface area contributed by atoms with Gasteiger partial charge in [-0.3, -0.25) is 0 Å². The number of hydrogen-bond acceptors (Lipinski definition) is 3. The quantitative estimate of drug-likeness (QED) is 0.759. The van der Waals surface area contributed by atoms with Crippen molar-refractivity contribution in [3.05, 3.63) is 58.8 Å². The summed E-state index contributed by atoms with van der Waals surface area (Å²) in [7, 11) is 0. The van der Waals surface area contributed by atoms with Gasteiger partial charge < -0.3 is 5.32 Å². The second-order valence-corrected chi connectivity index (χ2v) is 5.24. The standard InChI is InChI=1S/C15H12BrN3/c1-10-3-2-4-13-14(10)17-9-18-15(13)19-12-7-5-11(16)6-8-12/h2-9H,1H3,(H,17,18,19). The van der Waals surface area contributed by atoms with Crippen LogP contribution in [0, 0.1) is 6.92 Å². The molecule has 0 amide bonds. The molecule has 2 aromatic carbocycles. The van der Waals surface area contributed by atoms with Crippen LogP contribution in [0.4, 0.5) is 11.5 Å². The number of fused-ring (bicyclic) bond motifs is 1. The third kappa shape index (κ3) is 2.44. The Bertz CT molecular complexity index is 723. The molecule has 1 heterocycles. The SMILES string of the molecule is Cc1cccc2c(Nc3ccc(Br)cc3)ncnc12. The normalized spacial score (nSPS) is 10.6. The second-order valence-electron chi connectivity index (χ2n) is 4.33. The fourth-order valence-corrected chi connectivity index (χ4v) is 2.27. The average molecular weight is 314 g/mol. The molecule has 0 unspecified atom stereocenters. The van der Waals surface area contributed by atoms with Crippen LogP contribution in [0.5, 0.6) is 0 Å². The van der Waals surface area contributed by atoms with Crippen LogP contribution in [-0.2, 0) is 0 Å². The van der Waals surface area contributed by atoms with E-state index in [-0.39, 0.29) is 0 Å². The molecular formula is C15H12BrN3. The Balaban J connectivity index is 2.06. The number of aryl methyl sites for hydroxylation is 1. The molecule has 0 aliphatic carbocycles. The van der Waals surface area contributed by atoms with Crippen molar-refractivity contribution < 1.29 is 0 Å². The Hall–Kier alpha value is -1.94. The zero-order chi connectivity index (χ0) is 13.2. The van der Waals surface area contributed by atoms with Gasteiger partial charge in [-0.05, 0) is 42.8 Å². The van der Waals surface area contributed by atoms with Gasteiger partial charge in [-0.2, -0.15) is 0 Å². The van der Waals surface area contributed by atoms with Gasteiger partial charge in [0.15, 0.2) is 0 Å². The first-order valence-electron chi connectivity index (χ1n) is 5.97. The maximum absolute atomic E-state index is 4.34. The zero-order valence-corrected chi connectivity index (χ0v) is 12.0. The number of para-hydroxylation sites is 1. The highest BCUT2D eigenvalue weighted by Gasteiger charge is 2.05. The van der Waals surface area contributed by atoms with Gasteiger partial charge in [0, 0.05) is 15.5 Å². The number of anilines is 2. The second kappa shape index (κ2) is 4.97. The van der Waals surface area contributed by atoms with Crippen molar-refractivity contribution in [2.45, 2.75) is 6.92 Å². The Morgan fingerprint density at radius 1 is 1.00 bits per heavy atom. The first-order valence-corrected chi connectivity index (χ1v) is 6.76. The molecule has 0 saturated carbocycles. The third-order valence-electron chi connectivity index (χ3n) is 2.97. The number of nitrogens with one attached hydrogen (secondary N) is 1. The van der Waals surface area contributed by atoms with E-state index in [1.807, 2.05) is 36.4 Å². The van der Waals surface area contributed by atoms with Crippen LogP contribution >= 0.6 is 15.9 Å². The lowest BCUT2D eigenvalue weighted by atomic mass is 10.1. The summed E-state index contributed by atoms with van der Waals surface area (Å²) in [6, 6.07) is 14.1. The van der Waals surface area contributed by atoms with Gasteiger partial charge in [-0.25, -0.2) is 9.97 Å². The minimum Gasteiger partial charge on any atom is -0.340 e. The molecular weight excluding hydrogens is 302 g/mol. The van der Waals surface area contributed by atoms with E-state index in [9.17, 15) is 0 Å². The molecule has 0 bridgehead atoms. The molecule has 0 saturated heterocycles. The van der Waals surface area contributed by atoms with Gasteiger partial charge in [0.05, 0.1) is 5.52 Å². The number of rotatable bonds is 2. The van der Waals surface area contributed by atoms with Crippen molar-refractivity contribution in [3.63, 3.8) is 0 Å². The lowest BCUT2D eigenvalue weighted by molar-refractivity contribution is 1.21. The predicted molar refractivity (Wildman–Crippen MR) is 81.7 cm³/mol. The van der Waals surface area contributed by atoms with E-state index in [0.717, 1.165) is 32.4 Å². The van der Waals surface area contributed by atoms with Crippen molar-refractivity contribution in [3.8, 4) is 0 Å². The summed E-state index contributed by atoms with van der Waals surface area (Å²) >= 11 is 3.43. The smallest absolute Gasteiger partial charge is 0.141 e. The minimum absolute atomic E-state index is 0.830. The minimum atomic E-state index is 0.830. The molecule has 0 aliphatic heterocycles. The van der Waals surface area contributed by atoms with Gasteiger partial charge in [0.25, 0.3) is 0 Å². The summed E-state index contributed by atoms with van der Waals surface area (Å²) in [5, 5.41) is 4.36. The van der Waals surface area contributed by atoms with Crippen molar-refractivity contribution in [1.82, 2.24) is 9.97 Å². The van der Waals surface area contributed by atoms with Gasteiger partial charge in [-0.15, -0.1) is 0 Å². The van der Waals surface area contributed by atoms with E-state index >= 15 is 0 Å². The molecule has 3 rings (SSSR count). The van der Waals surface area contributed by atoms with E-state index < -0.39 is 0 Å². The Morgan fingerprint density at radius 2 is 1.79 bits per heavy atom. The Kier molecular flexibility index (Phi) is 3.17. The van der Waals surface area contributed by atoms with Crippen LogP contribution in [0.3, 0.4) is 0 Å². The largest absolute Gasteiger partial charge is 0.340 e. The highest BCUT2D eigenvalue weighted by atomic mass is 79.9. The summed E-state index contributed by atoms with van der Waals surface area (Å²) in [6.07, 6.45) is 1.59. The molecule has 0 fully saturated rings. The lowest BCUT2D eigenvalue weighted by Crippen LogP contribution is -1.96. The topological polar surface area (TPSA) is 37.8 Å². The molecule has 0 radical (unpaired) electrons. The number of aromatic nitrogens is 2. The van der Waals surface area contributed by atoms with Crippen LogP contribution in [0.2, 0.25) is 0 Å². The summed E-state index contributed by atoms with van der Waals surface area (Å²) in [5.74, 6) is 0.830. The number of hydrogen-bond donors (Lipinski definition) is 1. The zero-order valence-electron chi connectivity index (χ0n) is 10.4. The first kappa shape index (κ1) is 12.1. The molecule has 4 heteroatoms. The average Bonchev–Trinajstić information content (AvgIpc) is 2.43. The molecule has 3 nitrogen and oxygen atoms in total. The van der Waals surface area contributed by atoms with E-state index in [1.54, 1.807) is 6.33 Å². The molecule has 19 heavy (non-hydrogen) atoms. The molecule has 1 aromatic heterocycles. The van der Waals surface area contributed by atoms with Gasteiger partial charge >= 0.3 is 0 Å². The van der Waals surface area contributed by atoms with E-state index in [2.05, 4.69) is 44.2 Å². The van der Waals surface area contributed by atoms with Crippen LogP contribution in [0.15, 0.2) is 53.3 Å². The van der Waals surface area contributed by atoms with Crippen molar-refractivity contribution >= 4 is 38.3 Å². The molecule has 1 N–H and O–H groups in total. The number of nitrogens with zero attached hydrogens (tertiary/aromatic N) is 2. The summed E-state index contributed by atoms with van der Waals surface area (Å²) in [5.41, 5.74) is 3.14. The third-order valence-corrected chi connectivity index (χ3v) is 3.50. The Morgan fingerprint density at radius 3 is 2.58 bits per heavy atom. The first-order chi connectivity index (χ1) is 9.24. The van der Waals surface area contributed by atoms with Crippen molar-refractivity contribution in [2.24, 2.45) is 0 Å². The van der Waals surface area contributed by atoms with Crippen molar-refractivity contribution in [1.29, 1.82) is 0 Å². The highest BCUT2D eigenvalue weighted by molar-refractivity contribution is 9.10. The molecule has 0 aliphatic rings. The fourth-order valence-electron chi connectivity index (χ4n) is 2.00. The Labute approximate surface area is 119 Å². The number of halogens is 1. The van der Waals surface area contributed by atoms with E-state index in [0.29, 0.717) is 0 Å². The maximum Gasteiger partial charge on any atom is 0.141 e. The maximum atomic E-state index is 4.34. The molecule has 94 valence electrons. The van der Waals surface area contributed by atoms with Gasteiger partial charge in [0.1, 0.15) is 12.1 Å². The lowest BCUT2D eigenvalue weighted by Gasteiger charge is -2.09. The molecule has 0 spiro atoms. The van der Waals surface area contributed by atoms with Crippen molar-refractivity contribution in [2.75, 3.05) is 5.32 Å². The number of benzene rings is 2. The van der Waals surface area contributed by atoms with Crippen LogP contribution in [0.25, 0.3) is 10.9 Å². The predicted octanol–water partition coefficient (Wildman–Crippen LogP) is 4.44. The monoisotopic (exact) mass is 313 g/mol.